The molecule has 6 nitrogen and oxygen atoms in total. The largest absolute Gasteiger partial charge is 0.508 e. The van der Waals surface area contributed by atoms with E-state index in [1.807, 2.05) is 0 Å². The highest BCUT2D eigenvalue weighted by atomic mass is 16.6. The molecule has 1 aromatic rings. The van der Waals surface area contributed by atoms with E-state index in [1.165, 1.54) is 12.1 Å². The molecule has 0 aliphatic heterocycles. The van der Waals surface area contributed by atoms with Crippen LogP contribution in [0.3, 0.4) is 0 Å². The van der Waals surface area contributed by atoms with Crippen molar-refractivity contribution in [1.82, 2.24) is 0 Å². The van der Waals surface area contributed by atoms with Crippen LogP contribution >= 0.6 is 0 Å². The molecule has 4 N–H and O–H groups in total. The first-order valence-corrected chi connectivity index (χ1v) is 6.48. The molecule has 0 aromatic heterocycles. The maximum absolute atomic E-state index is 11.7. The molecule has 0 unspecified atom stereocenters. The van der Waals surface area contributed by atoms with Crippen molar-refractivity contribution in [2.24, 2.45) is 5.73 Å². The van der Waals surface area contributed by atoms with Gasteiger partial charge >= 0.3 is 6.09 Å². The molecule has 0 aliphatic rings. The molecule has 112 valence electrons. The zero-order valence-electron chi connectivity index (χ0n) is 12.1. The van der Waals surface area contributed by atoms with Crippen LogP contribution in [0.5, 0.6) is 11.5 Å². The van der Waals surface area contributed by atoms with E-state index >= 15 is 0 Å². The zero-order chi connectivity index (χ0) is 15.2. The van der Waals surface area contributed by atoms with Crippen molar-refractivity contribution in [3.8, 4) is 11.5 Å². The van der Waals surface area contributed by atoms with E-state index < -0.39 is 11.7 Å². The van der Waals surface area contributed by atoms with Gasteiger partial charge < -0.3 is 20.3 Å². The van der Waals surface area contributed by atoms with Crippen LogP contribution in [0.4, 0.5) is 10.5 Å². The molecule has 0 atom stereocenters. The molecule has 1 rings (SSSR count). The highest BCUT2D eigenvalue weighted by Crippen LogP contribution is 2.29. The predicted octanol–water partition coefficient (Wildman–Crippen LogP) is 2.47. The normalized spacial score (nSPS) is 11.0. The Balaban J connectivity index is 2.75. The molecule has 0 aliphatic carbocycles. The van der Waals surface area contributed by atoms with Crippen LogP contribution in [0.25, 0.3) is 0 Å². The smallest absolute Gasteiger partial charge is 0.412 e. The Bertz CT molecular complexity index is 455. The minimum Gasteiger partial charge on any atom is -0.508 e. The van der Waals surface area contributed by atoms with E-state index in [0.29, 0.717) is 31.0 Å². The Morgan fingerprint density at radius 2 is 2.10 bits per heavy atom. The number of anilines is 1. The van der Waals surface area contributed by atoms with Gasteiger partial charge in [-0.1, -0.05) is 0 Å². The standard InChI is InChI=1S/C14H22N2O4/c1-14(2,3)20-13(18)16-11-6-5-10(17)9-12(11)19-8-4-7-15/h5-6,9,17H,4,7-8,15H2,1-3H3,(H,16,18). The van der Waals surface area contributed by atoms with Crippen molar-refractivity contribution in [2.45, 2.75) is 32.8 Å². The minimum atomic E-state index is -0.582. The van der Waals surface area contributed by atoms with Crippen molar-refractivity contribution in [2.75, 3.05) is 18.5 Å². The lowest BCUT2D eigenvalue weighted by atomic mass is 10.2. The summed E-state index contributed by atoms with van der Waals surface area (Å²) in [4.78, 5) is 11.7. The molecule has 6 heteroatoms. The molecule has 0 fully saturated rings. The summed E-state index contributed by atoms with van der Waals surface area (Å²) in [6.45, 7) is 6.25. The SMILES string of the molecule is CC(C)(C)OC(=O)Nc1ccc(O)cc1OCCCN. The van der Waals surface area contributed by atoms with Crippen LogP contribution in [0.15, 0.2) is 18.2 Å². The van der Waals surface area contributed by atoms with Gasteiger partial charge in [-0.05, 0) is 45.9 Å². The quantitative estimate of drug-likeness (QED) is 0.569. The number of hydrogen-bond acceptors (Lipinski definition) is 5. The first-order valence-electron chi connectivity index (χ1n) is 6.48. The van der Waals surface area contributed by atoms with Crippen molar-refractivity contribution in [3.05, 3.63) is 18.2 Å². The second-order valence-corrected chi connectivity index (χ2v) is 5.30. The van der Waals surface area contributed by atoms with E-state index in [4.69, 9.17) is 15.2 Å². The average molecular weight is 282 g/mol. The molecule has 0 saturated heterocycles. The van der Waals surface area contributed by atoms with E-state index in [9.17, 15) is 9.90 Å². The maximum Gasteiger partial charge on any atom is 0.412 e. The van der Waals surface area contributed by atoms with Crippen LogP contribution in [0.1, 0.15) is 27.2 Å². The zero-order valence-corrected chi connectivity index (χ0v) is 12.1. The summed E-state index contributed by atoms with van der Waals surface area (Å²) >= 11 is 0. The second-order valence-electron chi connectivity index (χ2n) is 5.30. The Labute approximate surface area is 118 Å². The molecular weight excluding hydrogens is 260 g/mol. The first-order chi connectivity index (χ1) is 9.31. The molecular formula is C14H22N2O4. The number of carbonyl (C=O) groups excluding carboxylic acids is 1. The highest BCUT2D eigenvalue weighted by Gasteiger charge is 2.17. The number of benzene rings is 1. The number of ether oxygens (including phenoxy) is 2. The van der Waals surface area contributed by atoms with Crippen molar-refractivity contribution >= 4 is 11.8 Å². The van der Waals surface area contributed by atoms with Crippen molar-refractivity contribution < 1.29 is 19.4 Å². The van der Waals surface area contributed by atoms with Gasteiger partial charge in [0.1, 0.15) is 17.1 Å². The van der Waals surface area contributed by atoms with Gasteiger partial charge in [0.25, 0.3) is 0 Å². The molecule has 0 spiro atoms. The van der Waals surface area contributed by atoms with E-state index in [1.54, 1.807) is 26.8 Å². The fourth-order valence-corrected chi connectivity index (χ4v) is 1.41. The van der Waals surface area contributed by atoms with Gasteiger partial charge in [-0.25, -0.2) is 4.79 Å². The summed E-state index contributed by atoms with van der Waals surface area (Å²) < 4.78 is 10.6. The van der Waals surface area contributed by atoms with Gasteiger partial charge in [0.2, 0.25) is 0 Å². The monoisotopic (exact) mass is 282 g/mol. The number of carbonyl (C=O) groups is 1. The maximum atomic E-state index is 11.7. The summed E-state index contributed by atoms with van der Waals surface area (Å²) in [7, 11) is 0. The lowest BCUT2D eigenvalue weighted by Gasteiger charge is -2.20. The van der Waals surface area contributed by atoms with Crippen LogP contribution < -0.4 is 15.8 Å². The Morgan fingerprint density at radius 1 is 1.40 bits per heavy atom. The molecule has 1 aromatic carbocycles. The van der Waals surface area contributed by atoms with E-state index in [2.05, 4.69) is 5.32 Å². The highest BCUT2D eigenvalue weighted by molar-refractivity contribution is 5.87. The number of phenolic OH excluding ortho intramolecular Hbond substituents is 1. The van der Waals surface area contributed by atoms with Crippen LogP contribution in [-0.2, 0) is 4.74 Å². The van der Waals surface area contributed by atoms with Crippen molar-refractivity contribution in [1.29, 1.82) is 0 Å². The second kappa shape index (κ2) is 7.00. The molecule has 0 saturated carbocycles. The summed E-state index contributed by atoms with van der Waals surface area (Å²) in [6.07, 6.45) is 0.105. The summed E-state index contributed by atoms with van der Waals surface area (Å²) in [5.41, 5.74) is 5.25. The summed E-state index contributed by atoms with van der Waals surface area (Å²) in [6, 6.07) is 4.45. The molecule has 0 radical (unpaired) electrons. The average Bonchev–Trinajstić information content (AvgIpc) is 2.30. The number of nitrogens with one attached hydrogen (secondary N) is 1. The number of amides is 1. The molecule has 0 heterocycles. The predicted molar refractivity (Wildman–Crippen MR) is 77.1 cm³/mol. The van der Waals surface area contributed by atoms with Gasteiger partial charge in [0, 0.05) is 6.07 Å². The lowest BCUT2D eigenvalue weighted by molar-refractivity contribution is 0.0635. The molecule has 0 bridgehead atoms. The van der Waals surface area contributed by atoms with Gasteiger partial charge in [0.15, 0.2) is 0 Å². The minimum absolute atomic E-state index is 0.0579. The molecule has 1 amide bonds. The van der Waals surface area contributed by atoms with Gasteiger partial charge in [-0.3, -0.25) is 5.32 Å². The number of aromatic hydroxyl groups is 1. The fourth-order valence-electron chi connectivity index (χ4n) is 1.41. The molecule has 20 heavy (non-hydrogen) atoms. The van der Waals surface area contributed by atoms with Crippen LogP contribution in [0.2, 0.25) is 0 Å². The Hall–Kier alpha value is -1.95. The number of hydrogen-bond donors (Lipinski definition) is 3. The van der Waals surface area contributed by atoms with E-state index in [0.717, 1.165) is 0 Å². The third-order valence-corrected chi connectivity index (χ3v) is 2.21. The van der Waals surface area contributed by atoms with Crippen LogP contribution in [0, 0.1) is 0 Å². The topological polar surface area (TPSA) is 93.8 Å². The van der Waals surface area contributed by atoms with Gasteiger partial charge in [0.05, 0.1) is 12.3 Å². The number of rotatable bonds is 5. The fraction of sp³-hybridized carbons (Fsp3) is 0.500. The van der Waals surface area contributed by atoms with Crippen LogP contribution in [-0.4, -0.2) is 30.0 Å². The first kappa shape index (κ1) is 16.1. The van der Waals surface area contributed by atoms with Gasteiger partial charge in [-0.15, -0.1) is 0 Å². The summed E-state index contributed by atoms with van der Waals surface area (Å²) in [5, 5.41) is 12.1. The van der Waals surface area contributed by atoms with E-state index in [-0.39, 0.29) is 5.75 Å². The number of phenols is 1. The third kappa shape index (κ3) is 5.79. The van der Waals surface area contributed by atoms with Gasteiger partial charge in [-0.2, -0.15) is 0 Å². The Kier molecular flexibility index (Phi) is 5.64. The Morgan fingerprint density at radius 3 is 2.70 bits per heavy atom. The van der Waals surface area contributed by atoms with Crippen molar-refractivity contribution in [3.63, 3.8) is 0 Å². The summed E-state index contributed by atoms with van der Waals surface area (Å²) in [5.74, 6) is 0.437. The number of nitrogens with two attached hydrogens (primary N) is 1. The third-order valence-electron chi connectivity index (χ3n) is 2.21. The lowest BCUT2D eigenvalue weighted by Crippen LogP contribution is -2.27.